The average Bonchev–Trinajstić information content (AvgIpc) is 2.18. The van der Waals surface area contributed by atoms with Gasteiger partial charge in [0.05, 0.1) is 25.2 Å². The summed E-state index contributed by atoms with van der Waals surface area (Å²) < 4.78 is 1.28. The zero-order valence-electron chi connectivity index (χ0n) is 8.59. The maximum Gasteiger partial charge on any atom is 0.0865 e. The second-order valence-electron chi connectivity index (χ2n) is 4.59. The number of quaternary nitrogens is 1. The Kier molecular flexibility index (Phi) is 2.29. The van der Waals surface area contributed by atoms with Crippen LogP contribution < -0.4 is 0 Å². The minimum absolute atomic E-state index is 0.780. The highest BCUT2D eigenvalue weighted by atomic mass is 15.4. The Labute approximate surface area is 71.0 Å². The third-order valence-electron chi connectivity index (χ3n) is 4.01. The van der Waals surface area contributed by atoms with E-state index >= 15 is 0 Å². The van der Waals surface area contributed by atoms with Gasteiger partial charge in [-0.15, -0.1) is 0 Å². The summed E-state index contributed by atoms with van der Waals surface area (Å²) in [6.45, 7) is 9.48. The summed E-state index contributed by atoms with van der Waals surface area (Å²) in [5.41, 5.74) is 0. The minimum Gasteiger partial charge on any atom is -0.320 e. The Morgan fingerprint density at radius 1 is 1.09 bits per heavy atom. The Morgan fingerprint density at radius 3 is 1.64 bits per heavy atom. The molecular formula is C10H22N+. The molecule has 1 fully saturated rings. The topological polar surface area (TPSA) is 0 Å². The van der Waals surface area contributed by atoms with Crippen LogP contribution in [-0.4, -0.2) is 29.7 Å². The smallest absolute Gasteiger partial charge is 0.0865 e. The molecule has 0 aromatic rings. The minimum atomic E-state index is 0.780. The van der Waals surface area contributed by atoms with E-state index in [4.69, 9.17) is 0 Å². The molecule has 0 aliphatic carbocycles. The van der Waals surface area contributed by atoms with E-state index in [0.29, 0.717) is 0 Å². The molecule has 0 unspecified atom stereocenters. The lowest BCUT2D eigenvalue weighted by atomic mass is 10.2. The van der Waals surface area contributed by atoms with Crippen LogP contribution in [0.15, 0.2) is 0 Å². The van der Waals surface area contributed by atoms with Crippen LogP contribution >= 0.6 is 0 Å². The molecule has 1 saturated heterocycles. The van der Waals surface area contributed by atoms with Gasteiger partial charge in [-0.1, -0.05) is 0 Å². The van der Waals surface area contributed by atoms with Gasteiger partial charge in [0.2, 0.25) is 0 Å². The number of hydrogen-bond acceptors (Lipinski definition) is 0. The molecule has 1 rings (SSSR count). The number of nitrogens with zero attached hydrogens (tertiary/aromatic N) is 1. The second-order valence-corrected chi connectivity index (χ2v) is 4.59. The first-order valence-electron chi connectivity index (χ1n) is 4.85. The van der Waals surface area contributed by atoms with Crippen molar-refractivity contribution in [3.63, 3.8) is 0 Å². The maximum absolute atomic E-state index is 2.41. The SMILES string of the molecule is CC(C)[N+]1(C)[C@@H](C)CC[C@@H]1C. The lowest BCUT2D eigenvalue weighted by Gasteiger charge is -2.42. The first-order chi connectivity index (χ1) is 4.99. The second kappa shape index (κ2) is 2.78. The molecule has 0 N–H and O–H groups in total. The van der Waals surface area contributed by atoms with E-state index in [2.05, 4.69) is 34.7 Å². The normalized spacial score (nSPS) is 36.5. The molecule has 11 heavy (non-hydrogen) atoms. The van der Waals surface area contributed by atoms with E-state index in [1.54, 1.807) is 0 Å². The molecule has 1 heterocycles. The van der Waals surface area contributed by atoms with Crippen LogP contribution in [0.4, 0.5) is 0 Å². The van der Waals surface area contributed by atoms with Gasteiger partial charge in [-0.05, 0) is 27.7 Å². The molecule has 2 atom stereocenters. The van der Waals surface area contributed by atoms with Crippen molar-refractivity contribution in [3.05, 3.63) is 0 Å². The van der Waals surface area contributed by atoms with Gasteiger partial charge in [0.1, 0.15) is 0 Å². The van der Waals surface area contributed by atoms with Crippen molar-refractivity contribution in [2.45, 2.75) is 58.7 Å². The van der Waals surface area contributed by atoms with Crippen LogP contribution in [0.25, 0.3) is 0 Å². The Hall–Kier alpha value is -0.0400. The lowest BCUT2D eigenvalue weighted by molar-refractivity contribution is -0.959. The summed E-state index contributed by atoms with van der Waals surface area (Å²) in [5.74, 6) is 0. The van der Waals surface area contributed by atoms with Crippen molar-refractivity contribution in [2.24, 2.45) is 0 Å². The number of likely N-dealkylation sites (tertiary alicyclic amines) is 1. The standard InChI is InChI=1S/C10H22N/c1-8(2)11(5)9(3)6-7-10(11)4/h8-10H,6-7H2,1-5H3/q+1/t9-,10-/m0/s1. The fourth-order valence-corrected chi connectivity index (χ4v) is 2.49. The van der Waals surface area contributed by atoms with Gasteiger partial charge in [-0.25, -0.2) is 0 Å². The molecule has 0 aromatic heterocycles. The molecule has 1 aliphatic heterocycles. The van der Waals surface area contributed by atoms with E-state index in [-0.39, 0.29) is 0 Å². The molecule has 1 aliphatic rings. The number of hydrogen-bond donors (Lipinski definition) is 0. The van der Waals surface area contributed by atoms with Gasteiger partial charge in [-0.3, -0.25) is 0 Å². The third kappa shape index (κ3) is 1.20. The van der Waals surface area contributed by atoms with Gasteiger partial charge in [0.15, 0.2) is 0 Å². The zero-order valence-corrected chi connectivity index (χ0v) is 8.59. The maximum atomic E-state index is 2.41. The van der Waals surface area contributed by atoms with Crippen molar-refractivity contribution >= 4 is 0 Å². The van der Waals surface area contributed by atoms with Gasteiger partial charge in [-0.2, -0.15) is 0 Å². The van der Waals surface area contributed by atoms with Crippen molar-refractivity contribution in [2.75, 3.05) is 7.05 Å². The molecule has 66 valence electrons. The van der Waals surface area contributed by atoms with E-state index < -0.39 is 0 Å². The van der Waals surface area contributed by atoms with Gasteiger partial charge < -0.3 is 4.48 Å². The molecule has 0 saturated carbocycles. The summed E-state index contributed by atoms with van der Waals surface area (Å²) in [7, 11) is 2.41. The molecular weight excluding hydrogens is 134 g/mol. The van der Waals surface area contributed by atoms with E-state index in [1.807, 2.05) is 0 Å². The Morgan fingerprint density at radius 2 is 1.45 bits per heavy atom. The van der Waals surface area contributed by atoms with Gasteiger partial charge in [0, 0.05) is 12.8 Å². The van der Waals surface area contributed by atoms with Crippen molar-refractivity contribution in [3.8, 4) is 0 Å². The first-order valence-corrected chi connectivity index (χ1v) is 4.85. The van der Waals surface area contributed by atoms with Crippen LogP contribution in [0.5, 0.6) is 0 Å². The highest BCUT2D eigenvalue weighted by Crippen LogP contribution is 2.33. The summed E-state index contributed by atoms with van der Waals surface area (Å²) in [4.78, 5) is 0. The highest BCUT2D eigenvalue weighted by molar-refractivity contribution is 4.70. The summed E-state index contributed by atoms with van der Waals surface area (Å²) >= 11 is 0. The fraction of sp³-hybridized carbons (Fsp3) is 1.00. The van der Waals surface area contributed by atoms with Crippen molar-refractivity contribution in [1.82, 2.24) is 0 Å². The van der Waals surface area contributed by atoms with E-state index in [9.17, 15) is 0 Å². The Bertz CT molecular complexity index is 130. The van der Waals surface area contributed by atoms with Crippen molar-refractivity contribution in [1.29, 1.82) is 0 Å². The molecule has 0 amide bonds. The Balaban J connectivity index is 2.80. The predicted molar refractivity (Wildman–Crippen MR) is 49.5 cm³/mol. The summed E-state index contributed by atoms with van der Waals surface area (Å²) in [6, 6.07) is 2.51. The highest BCUT2D eigenvalue weighted by Gasteiger charge is 2.42. The molecule has 0 radical (unpaired) electrons. The van der Waals surface area contributed by atoms with Crippen LogP contribution in [0.3, 0.4) is 0 Å². The third-order valence-corrected chi connectivity index (χ3v) is 4.01. The molecule has 0 aromatic carbocycles. The predicted octanol–water partition coefficient (Wildman–Crippen LogP) is 2.41. The zero-order chi connectivity index (χ0) is 8.65. The van der Waals surface area contributed by atoms with Gasteiger partial charge in [0.25, 0.3) is 0 Å². The molecule has 1 nitrogen and oxygen atoms in total. The van der Waals surface area contributed by atoms with Crippen molar-refractivity contribution < 1.29 is 4.48 Å². The molecule has 0 spiro atoms. The molecule has 1 heteroatoms. The van der Waals surface area contributed by atoms with Crippen LogP contribution in [0.1, 0.15) is 40.5 Å². The first kappa shape index (κ1) is 9.05. The largest absolute Gasteiger partial charge is 0.320 e. The number of rotatable bonds is 1. The fourth-order valence-electron chi connectivity index (χ4n) is 2.49. The van der Waals surface area contributed by atoms with Crippen LogP contribution in [0.2, 0.25) is 0 Å². The van der Waals surface area contributed by atoms with Crippen LogP contribution in [0, 0.1) is 0 Å². The molecule has 0 bridgehead atoms. The quantitative estimate of drug-likeness (QED) is 0.511. The van der Waals surface area contributed by atoms with E-state index in [1.165, 1.54) is 17.3 Å². The van der Waals surface area contributed by atoms with Gasteiger partial charge >= 0.3 is 0 Å². The summed E-state index contributed by atoms with van der Waals surface area (Å²) in [5, 5.41) is 0. The van der Waals surface area contributed by atoms with E-state index in [0.717, 1.165) is 18.1 Å². The average molecular weight is 156 g/mol. The monoisotopic (exact) mass is 156 g/mol. The summed E-state index contributed by atoms with van der Waals surface area (Å²) in [6.07, 6.45) is 2.83. The lowest BCUT2D eigenvalue weighted by Crippen LogP contribution is -2.55. The van der Waals surface area contributed by atoms with Crippen LogP contribution in [-0.2, 0) is 0 Å².